The average Bonchev–Trinajstić information content (AvgIpc) is 2.46. The molecule has 0 spiro atoms. The van der Waals surface area contributed by atoms with Crippen LogP contribution in [0.1, 0.15) is 10.4 Å². The molecule has 2 aromatic rings. The molecule has 18 heavy (non-hydrogen) atoms. The van der Waals surface area contributed by atoms with Crippen molar-refractivity contribution in [3.63, 3.8) is 0 Å². The predicted octanol–water partition coefficient (Wildman–Crippen LogP) is 2.13. The minimum atomic E-state index is -0.569. The van der Waals surface area contributed by atoms with Crippen LogP contribution in [0.25, 0.3) is 0 Å². The molecule has 0 atom stereocenters. The monoisotopic (exact) mass is 244 g/mol. The molecule has 5 nitrogen and oxygen atoms in total. The Balaban J connectivity index is 2.32. The fourth-order valence-corrected chi connectivity index (χ4v) is 1.53. The lowest BCUT2D eigenvalue weighted by atomic mass is 10.2. The van der Waals surface area contributed by atoms with E-state index >= 15 is 0 Å². The largest absolute Gasteiger partial charge is 0.496 e. The summed E-state index contributed by atoms with van der Waals surface area (Å²) < 4.78 is 5.08. The third-order valence-electron chi connectivity index (χ3n) is 2.42. The molecular formula is C13H12N2O3. The van der Waals surface area contributed by atoms with Crippen molar-refractivity contribution in [1.82, 2.24) is 4.98 Å². The van der Waals surface area contributed by atoms with Crippen molar-refractivity contribution in [1.29, 1.82) is 0 Å². The van der Waals surface area contributed by atoms with Crippen molar-refractivity contribution in [2.45, 2.75) is 0 Å². The van der Waals surface area contributed by atoms with Gasteiger partial charge in [0.1, 0.15) is 5.75 Å². The van der Waals surface area contributed by atoms with E-state index in [1.165, 1.54) is 13.3 Å². The summed E-state index contributed by atoms with van der Waals surface area (Å²) in [5, 5.41) is 10.4. The van der Waals surface area contributed by atoms with Gasteiger partial charge in [0.2, 0.25) is 0 Å². The molecule has 0 bridgehead atoms. The van der Waals surface area contributed by atoms with E-state index in [4.69, 9.17) is 4.74 Å². The Hall–Kier alpha value is -2.40. The molecule has 0 saturated heterocycles. The highest BCUT2D eigenvalue weighted by Crippen LogP contribution is 2.21. The lowest BCUT2D eigenvalue weighted by Gasteiger charge is -2.15. The van der Waals surface area contributed by atoms with E-state index in [9.17, 15) is 10.0 Å². The number of hydrogen-bond donors (Lipinski definition) is 1. The van der Waals surface area contributed by atoms with Gasteiger partial charge in [-0.15, -0.1) is 0 Å². The highest BCUT2D eigenvalue weighted by molar-refractivity contribution is 6.06. The number of para-hydroxylation sites is 1. The Bertz CT molecular complexity index is 543. The molecule has 2 rings (SSSR count). The van der Waals surface area contributed by atoms with Gasteiger partial charge in [0.05, 0.1) is 24.6 Å². The SMILES string of the molecule is COc1ccccc1C(=O)N(O)c1cccnc1. The molecule has 0 unspecified atom stereocenters. The van der Waals surface area contributed by atoms with Crippen LogP contribution in [0.2, 0.25) is 0 Å². The number of aromatic nitrogens is 1. The van der Waals surface area contributed by atoms with Crippen molar-refractivity contribution < 1.29 is 14.7 Å². The third-order valence-corrected chi connectivity index (χ3v) is 2.42. The summed E-state index contributed by atoms with van der Waals surface area (Å²) in [4.78, 5) is 15.9. The highest BCUT2D eigenvalue weighted by atomic mass is 16.5. The number of rotatable bonds is 3. The predicted molar refractivity (Wildman–Crippen MR) is 65.8 cm³/mol. The Kier molecular flexibility index (Phi) is 3.54. The number of ether oxygens (including phenoxy) is 1. The number of carbonyl (C=O) groups excluding carboxylic acids is 1. The number of hydrogen-bond acceptors (Lipinski definition) is 4. The van der Waals surface area contributed by atoms with E-state index in [2.05, 4.69) is 4.98 Å². The highest BCUT2D eigenvalue weighted by Gasteiger charge is 2.19. The maximum Gasteiger partial charge on any atom is 0.285 e. The molecule has 1 heterocycles. The number of amides is 1. The van der Waals surface area contributed by atoms with Crippen LogP contribution in [0, 0.1) is 0 Å². The van der Waals surface area contributed by atoms with E-state index < -0.39 is 5.91 Å². The van der Waals surface area contributed by atoms with Crippen LogP contribution in [0.3, 0.4) is 0 Å². The molecule has 0 saturated carbocycles. The van der Waals surface area contributed by atoms with Gasteiger partial charge in [-0.3, -0.25) is 15.0 Å². The van der Waals surface area contributed by atoms with Crippen LogP contribution in [0.4, 0.5) is 5.69 Å². The van der Waals surface area contributed by atoms with Crippen LogP contribution >= 0.6 is 0 Å². The van der Waals surface area contributed by atoms with E-state index in [1.54, 1.807) is 42.6 Å². The molecule has 92 valence electrons. The summed E-state index contributed by atoms with van der Waals surface area (Å²) in [5.41, 5.74) is 0.583. The second-order valence-corrected chi connectivity index (χ2v) is 3.53. The van der Waals surface area contributed by atoms with Crippen LogP contribution in [0.15, 0.2) is 48.8 Å². The molecule has 0 aliphatic rings. The number of nitrogens with zero attached hydrogens (tertiary/aromatic N) is 2. The Morgan fingerprint density at radius 3 is 2.72 bits per heavy atom. The van der Waals surface area contributed by atoms with Gasteiger partial charge in [0, 0.05) is 6.20 Å². The van der Waals surface area contributed by atoms with Gasteiger partial charge in [0.15, 0.2) is 0 Å². The maximum atomic E-state index is 12.1. The molecule has 5 heteroatoms. The molecule has 1 aromatic heterocycles. The fraction of sp³-hybridized carbons (Fsp3) is 0.0769. The number of anilines is 1. The molecule has 1 aromatic carbocycles. The number of methoxy groups -OCH3 is 1. The van der Waals surface area contributed by atoms with E-state index in [1.807, 2.05) is 0 Å². The van der Waals surface area contributed by atoms with Crippen LogP contribution in [-0.2, 0) is 0 Å². The smallest absolute Gasteiger partial charge is 0.285 e. The first kappa shape index (κ1) is 12.1. The number of benzene rings is 1. The van der Waals surface area contributed by atoms with Crippen LogP contribution in [-0.4, -0.2) is 23.2 Å². The fourth-order valence-electron chi connectivity index (χ4n) is 1.53. The third kappa shape index (κ3) is 2.31. The first-order valence-corrected chi connectivity index (χ1v) is 5.30. The average molecular weight is 244 g/mol. The number of pyridine rings is 1. The van der Waals surface area contributed by atoms with Gasteiger partial charge in [0.25, 0.3) is 5.91 Å². The zero-order chi connectivity index (χ0) is 13.0. The van der Waals surface area contributed by atoms with Crippen LogP contribution < -0.4 is 9.80 Å². The zero-order valence-corrected chi connectivity index (χ0v) is 9.78. The maximum absolute atomic E-state index is 12.1. The van der Waals surface area contributed by atoms with Gasteiger partial charge in [-0.2, -0.15) is 5.06 Å². The molecule has 1 N–H and O–H groups in total. The summed E-state index contributed by atoms with van der Waals surface area (Å²) in [7, 11) is 1.47. The van der Waals surface area contributed by atoms with Gasteiger partial charge in [-0.1, -0.05) is 12.1 Å². The molecule has 0 aliphatic carbocycles. The lowest BCUT2D eigenvalue weighted by molar-refractivity contribution is 0.0851. The Labute approximate surface area is 104 Å². The van der Waals surface area contributed by atoms with E-state index in [0.717, 1.165) is 0 Å². The summed E-state index contributed by atoms with van der Waals surface area (Å²) in [5.74, 6) is -0.161. The normalized spacial score (nSPS) is 9.89. The summed E-state index contributed by atoms with van der Waals surface area (Å²) in [6.45, 7) is 0. The zero-order valence-electron chi connectivity index (χ0n) is 9.78. The van der Waals surface area contributed by atoms with Crippen LogP contribution in [0.5, 0.6) is 5.75 Å². The van der Waals surface area contributed by atoms with Gasteiger partial charge in [-0.05, 0) is 24.3 Å². The minimum Gasteiger partial charge on any atom is -0.496 e. The number of carbonyl (C=O) groups is 1. The van der Waals surface area contributed by atoms with E-state index in [-0.39, 0.29) is 5.56 Å². The molecule has 1 amide bonds. The summed E-state index contributed by atoms with van der Waals surface area (Å²) in [6, 6.07) is 9.91. The number of hydroxylamine groups is 1. The summed E-state index contributed by atoms with van der Waals surface area (Å²) >= 11 is 0. The van der Waals surface area contributed by atoms with Crippen molar-refractivity contribution in [3.8, 4) is 5.75 Å². The molecular weight excluding hydrogens is 232 g/mol. The lowest BCUT2D eigenvalue weighted by Crippen LogP contribution is -2.27. The molecule has 0 radical (unpaired) electrons. The van der Waals surface area contributed by atoms with Gasteiger partial charge >= 0.3 is 0 Å². The van der Waals surface area contributed by atoms with Crippen molar-refractivity contribution in [2.24, 2.45) is 0 Å². The van der Waals surface area contributed by atoms with Crippen molar-refractivity contribution >= 4 is 11.6 Å². The van der Waals surface area contributed by atoms with Gasteiger partial charge < -0.3 is 4.74 Å². The standard InChI is InChI=1S/C13H12N2O3/c1-18-12-7-3-2-6-11(12)13(16)15(17)10-5-4-8-14-9-10/h2-9,17H,1H3. The second-order valence-electron chi connectivity index (χ2n) is 3.53. The van der Waals surface area contributed by atoms with Crippen molar-refractivity contribution in [2.75, 3.05) is 12.2 Å². The van der Waals surface area contributed by atoms with Crippen molar-refractivity contribution in [3.05, 3.63) is 54.4 Å². The first-order valence-electron chi connectivity index (χ1n) is 5.30. The quantitative estimate of drug-likeness (QED) is 0.663. The van der Waals surface area contributed by atoms with E-state index in [0.29, 0.717) is 16.5 Å². The minimum absolute atomic E-state index is 0.284. The Morgan fingerprint density at radius 2 is 2.06 bits per heavy atom. The Morgan fingerprint density at radius 1 is 1.28 bits per heavy atom. The topological polar surface area (TPSA) is 62.7 Å². The molecule has 0 aliphatic heterocycles. The first-order chi connectivity index (χ1) is 8.74. The second kappa shape index (κ2) is 5.29. The summed E-state index contributed by atoms with van der Waals surface area (Å²) in [6.07, 6.45) is 2.96. The van der Waals surface area contributed by atoms with Gasteiger partial charge in [-0.25, -0.2) is 0 Å². The molecule has 0 fully saturated rings.